The third kappa shape index (κ3) is 4.50. The van der Waals surface area contributed by atoms with Crippen LogP contribution in [-0.4, -0.2) is 47.4 Å². The monoisotopic (exact) mass is 310 g/mol. The van der Waals surface area contributed by atoms with Crippen LogP contribution in [0.1, 0.15) is 23.7 Å². The summed E-state index contributed by atoms with van der Waals surface area (Å²) < 4.78 is 1.53. The normalized spacial score (nSPS) is 14.1. The van der Waals surface area contributed by atoms with Crippen LogP contribution in [0.15, 0.2) is 29.4 Å². The van der Waals surface area contributed by atoms with Crippen molar-refractivity contribution in [1.29, 1.82) is 0 Å². The zero-order valence-electron chi connectivity index (χ0n) is 11.6. The van der Waals surface area contributed by atoms with E-state index in [0.29, 0.717) is 10.9 Å². The first-order valence-corrected chi connectivity index (χ1v) is 7.49. The van der Waals surface area contributed by atoms with Gasteiger partial charge in [0.2, 0.25) is 5.16 Å². The number of nitrogens with zero attached hydrogens (tertiary/aromatic N) is 4. The molecule has 0 amide bonds. The summed E-state index contributed by atoms with van der Waals surface area (Å²) in [5.74, 6) is 0.403. The van der Waals surface area contributed by atoms with E-state index in [4.69, 9.17) is 5.11 Å². The van der Waals surface area contributed by atoms with Gasteiger partial charge in [-0.2, -0.15) is 0 Å². The number of aliphatic hydroxyl groups is 3. The summed E-state index contributed by atoms with van der Waals surface area (Å²) in [6.45, 7) is -0.0264. The van der Waals surface area contributed by atoms with Crippen molar-refractivity contribution >= 4 is 11.8 Å². The Balaban J connectivity index is 1.83. The Morgan fingerprint density at radius 1 is 1.24 bits per heavy atom. The number of aryl methyl sites for hydroxylation is 1. The zero-order valence-corrected chi connectivity index (χ0v) is 12.4. The van der Waals surface area contributed by atoms with Gasteiger partial charge in [0.25, 0.3) is 0 Å². The maximum atomic E-state index is 10.1. The molecule has 0 spiro atoms. The first-order valence-electron chi connectivity index (χ1n) is 6.51. The molecule has 0 aliphatic heterocycles. The Morgan fingerprint density at radius 2 is 1.95 bits per heavy atom. The second kappa shape index (κ2) is 7.51. The minimum atomic E-state index is -0.744. The van der Waals surface area contributed by atoms with Crippen LogP contribution in [0, 0.1) is 0 Å². The molecule has 114 valence electrons. The average molecular weight is 310 g/mol. The third-order valence-corrected chi connectivity index (χ3v) is 4.18. The van der Waals surface area contributed by atoms with Crippen LogP contribution in [0.5, 0.6) is 0 Å². The average Bonchev–Trinajstić information content (AvgIpc) is 2.90. The van der Waals surface area contributed by atoms with Crippen LogP contribution < -0.4 is 0 Å². The zero-order chi connectivity index (χ0) is 15.2. The number of benzene rings is 1. The van der Waals surface area contributed by atoms with Crippen LogP contribution in [0.2, 0.25) is 0 Å². The smallest absolute Gasteiger partial charge is 0.209 e. The molecule has 3 N–H and O–H groups in total. The maximum absolute atomic E-state index is 10.1. The molecule has 1 aromatic carbocycles. The van der Waals surface area contributed by atoms with E-state index in [2.05, 4.69) is 15.5 Å². The number of hydrogen-bond donors (Lipinski definition) is 3. The summed E-state index contributed by atoms with van der Waals surface area (Å²) in [4.78, 5) is 0. The quantitative estimate of drug-likeness (QED) is 0.631. The summed E-state index contributed by atoms with van der Waals surface area (Å²) in [7, 11) is 1.73. The Bertz CT molecular complexity index is 561. The molecule has 1 heterocycles. The number of tetrazole rings is 1. The predicted molar refractivity (Wildman–Crippen MR) is 77.5 cm³/mol. The summed E-state index contributed by atoms with van der Waals surface area (Å²) in [5, 5.41) is 40.7. The Morgan fingerprint density at radius 3 is 2.52 bits per heavy atom. The lowest BCUT2D eigenvalue weighted by molar-refractivity contribution is 0.0930. The molecule has 2 rings (SSSR count). The SMILES string of the molecule is Cn1nnnc1SCC(O)CC(O)c1ccc(CO)cc1. The van der Waals surface area contributed by atoms with Gasteiger partial charge in [-0.15, -0.1) is 5.10 Å². The van der Waals surface area contributed by atoms with Gasteiger partial charge in [0.15, 0.2) is 0 Å². The van der Waals surface area contributed by atoms with E-state index in [1.54, 1.807) is 31.3 Å². The van der Waals surface area contributed by atoms with E-state index >= 15 is 0 Å². The van der Waals surface area contributed by atoms with Crippen molar-refractivity contribution in [2.24, 2.45) is 7.05 Å². The molecule has 0 fully saturated rings. The molecule has 2 unspecified atom stereocenters. The highest BCUT2D eigenvalue weighted by molar-refractivity contribution is 7.99. The van der Waals surface area contributed by atoms with E-state index in [9.17, 15) is 10.2 Å². The lowest BCUT2D eigenvalue weighted by atomic mass is 10.0. The topological polar surface area (TPSA) is 104 Å². The first-order chi connectivity index (χ1) is 10.1. The highest BCUT2D eigenvalue weighted by atomic mass is 32.2. The highest BCUT2D eigenvalue weighted by Crippen LogP contribution is 2.22. The van der Waals surface area contributed by atoms with Gasteiger partial charge >= 0.3 is 0 Å². The highest BCUT2D eigenvalue weighted by Gasteiger charge is 2.15. The second-order valence-corrected chi connectivity index (χ2v) is 5.69. The minimum absolute atomic E-state index is 0.0264. The molecule has 0 saturated carbocycles. The van der Waals surface area contributed by atoms with Crippen molar-refractivity contribution in [3.8, 4) is 0 Å². The maximum Gasteiger partial charge on any atom is 0.209 e. The van der Waals surface area contributed by atoms with Crippen LogP contribution in [0.4, 0.5) is 0 Å². The van der Waals surface area contributed by atoms with Gasteiger partial charge in [-0.1, -0.05) is 36.0 Å². The minimum Gasteiger partial charge on any atom is -0.392 e. The molecule has 0 aliphatic carbocycles. The number of rotatable bonds is 7. The molecular formula is C13H18N4O3S. The van der Waals surface area contributed by atoms with Crippen molar-refractivity contribution in [2.75, 3.05) is 5.75 Å². The summed E-state index contributed by atoms with van der Waals surface area (Å²) >= 11 is 1.34. The molecule has 1 aromatic heterocycles. The molecule has 2 atom stereocenters. The van der Waals surface area contributed by atoms with Gasteiger partial charge in [-0.05, 0) is 21.6 Å². The molecule has 0 saturated heterocycles. The Kier molecular flexibility index (Phi) is 5.68. The lowest BCUT2D eigenvalue weighted by Crippen LogP contribution is -2.15. The van der Waals surface area contributed by atoms with Crippen molar-refractivity contribution in [3.05, 3.63) is 35.4 Å². The van der Waals surface area contributed by atoms with Crippen molar-refractivity contribution < 1.29 is 15.3 Å². The van der Waals surface area contributed by atoms with E-state index < -0.39 is 12.2 Å². The molecule has 8 heteroatoms. The number of aromatic nitrogens is 4. The van der Waals surface area contributed by atoms with E-state index in [1.807, 2.05) is 0 Å². The molecule has 2 aromatic rings. The number of thioether (sulfide) groups is 1. The standard InChI is InChI=1S/C13H18N4O3S/c1-17-13(14-15-16-17)21-8-11(19)6-12(20)10-4-2-9(7-18)3-5-10/h2-5,11-12,18-20H,6-8H2,1H3. The second-order valence-electron chi connectivity index (χ2n) is 4.70. The number of hydrogen-bond acceptors (Lipinski definition) is 7. The first kappa shape index (κ1) is 15.9. The van der Waals surface area contributed by atoms with Crippen LogP contribution in [0.25, 0.3) is 0 Å². The van der Waals surface area contributed by atoms with Gasteiger partial charge in [-0.3, -0.25) is 0 Å². The van der Waals surface area contributed by atoms with Crippen molar-refractivity contribution in [3.63, 3.8) is 0 Å². The molecule has 0 radical (unpaired) electrons. The van der Waals surface area contributed by atoms with Gasteiger partial charge in [-0.25, -0.2) is 4.68 Å². The largest absolute Gasteiger partial charge is 0.392 e. The van der Waals surface area contributed by atoms with Gasteiger partial charge < -0.3 is 15.3 Å². The molecular weight excluding hydrogens is 292 g/mol. The van der Waals surface area contributed by atoms with Crippen LogP contribution >= 0.6 is 11.8 Å². The van der Waals surface area contributed by atoms with E-state index in [-0.39, 0.29) is 13.0 Å². The fourth-order valence-electron chi connectivity index (χ4n) is 1.82. The molecule has 0 bridgehead atoms. The number of aliphatic hydroxyl groups excluding tert-OH is 3. The Labute approximate surface area is 126 Å². The van der Waals surface area contributed by atoms with Gasteiger partial charge in [0.1, 0.15) is 0 Å². The van der Waals surface area contributed by atoms with E-state index in [1.165, 1.54) is 16.4 Å². The summed E-state index contributed by atoms with van der Waals surface area (Å²) in [5.41, 5.74) is 1.51. The fraction of sp³-hybridized carbons (Fsp3) is 0.462. The fourth-order valence-corrected chi connectivity index (χ4v) is 2.62. The van der Waals surface area contributed by atoms with Crippen LogP contribution in [-0.2, 0) is 13.7 Å². The van der Waals surface area contributed by atoms with Crippen molar-refractivity contribution in [1.82, 2.24) is 20.2 Å². The lowest BCUT2D eigenvalue weighted by Gasteiger charge is -2.15. The van der Waals surface area contributed by atoms with E-state index in [0.717, 1.165) is 11.1 Å². The van der Waals surface area contributed by atoms with Gasteiger partial charge in [0.05, 0.1) is 18.8 Å². The predicted octanol–water partition coefficient (Wildman–Crippen LogP) is 0.279. The molecule has 0 aliphatic rings. The molecule has 7 nitrogen and oxygen atoms in total. The summed E-state index contributed by atoms with van der Waals surface area (Å²) in [6.07, 6.45) is -1.18. The summed E-state index contributed by atoms with van der Waals surface area (Å²) in [6, 6.07) is 7.02. The Hall–Kier alpha value is -1.48. The van der Waals surface area contributed by atoms with Gasteiger partial charge in [0, 0.05) is 19.2 Å². The third-order valence-electron chi connectivity index (χ3n) is 3.03. The molecule has 21 heavy (non-hydrogen) atoms. The van der Waals surface area contributed by atoms with Crippen LogP contribution in [0.3, 0.4) is 0 Å². The van der Waals surface area contributed by atoms with Crippen molar-refractivity contribution in [2.45, 2.75) is 30.4 Å².